The highest BCUT2D eigenvalue weighted by atomic mass is 19.4. The molecule has 0 heterocycles. The van der Waals surface area contributed by atoms with Gasteiger partial charge in [0, 0.05) is 0 Å². The fraction of sp³-hybridized carbons (Fsp3) is 1.00. The molecule has 0 aliphatic heterocycles. The highest BCUT2D eigenvalue weighted by molar-refractivity contribution is 4.66. The molecule has 9 heavy (non-hydrogen) atoms. The summed E-state index contributed by atoms with van der Waals surface area (Å²) < 4.78 is 54.8. The number of aliphatic hydroxyl groups excluding tert-OH is 1. The van der Waals surface area contributed by atoms with Crippen molar-refractivity contribution in [3.63, 3.8) is 0 Å². The van der Waals surface area contributed by atoms with Crippen LogP contribution in [0.4, 0.5) is 22.0 Å². The Balaban J connectivity index is 3.88. The molecule has 0 bridgehead atoms. The molecular weight excluding hydrogens is 147 g/mol. The van der Waals surface area contributed by atoms with Crippen LogP contribution in [0.5, 0.6) is 0 Å². The van der Waals surface area contributed by atoms with Gasteiger partial charge >= 0.3 is 6.18 Å². The molecule has 0 aliphatic carbocycles. The summed E-state index contributed by atoms with van der Waals surface area (Å²) in [5.74, 6) is 0. The van der Waals surface area contributed by atoms with Crippen LogP contribution in [0.25, 0.3) is 0 Å². The second-order valence-corrected chi connectivity index (χ2v) is 1.32. The average molecular weight is 150 g/mol. The Labute approximate surface area is 47.1 Å². The second-order valence-electron chi connectivity index (χ2n) is 1.32. The van der Waals surface area contributed by atoms with Gasteiger partial charge in [-0.2, -0.15) is 13.2 Å². The van der Waals surface area contributed by atoms with Crippen molar-refractivity contribution in [1.29, 1.82) is 0 Å². The van der Waals surface area contributed by atoms with Crippen molar-refractivity contribution >= 4 is 0 Å². The van der Waals surface area contributed by atoms with Crippen molar-refractivity contribution in [2.24, 2.45) is 0 Å². The second kappa shape index (κ2) is 2.47. The summed E-state index contributed by atoms with van der Waals surface area (Å²) in [6, 6.07) is 0. The summed E-state index contributed by atoms with van der Waals surface area (Å²) in [5.41, 5.74) is 0. The van der Waals surface area contributed by atoms with Gasteiger partial charge in [0.2, 0.25) is 6.10 Å². The SMILES string of the molecule is OC(C(F)F)C(F)(F)F. The Kier molecular flexibility index (Phi) is 2.36. The number of hydrogen-bond acceptors (Lipinski definition) is 1. The summed E-state index contributed by atoms with van der Waals surface area (Å²) in [7, 11) is 0. The molecule has 1 nitrogen and oxygen atoms in total. The monoisotopic (exact) mass is 150 g/mol. The molecule has 0 aromatic rings. The predicted molar refractivity (Wildman–Crippen MR) is 18.1 cm³/mol. The van der Waals surface area contributed by atoms with E-state index in [2.05, 4.69) is 0 Å². The van der Waals surface area contributed by atoms with Gasteiger partial charge in [-0.3, -0.25) is 0 Å². The summed E-state index contributed by atoms with van der Waals surface area (Å²) in [4.78, 5) is 0. The van der Waals surface area contributed by atoms with Crippen molar-refractivity contribution in [3.8, 4) is 0 Å². The highest BCUT2D eigenvalue weighted by Crippen LogP contribution is 2.23. The summed E-state index contributed by atoms with van der Waals surface area (Å²) in [6.07, 6.45) is -12.5. The lowest BCUT2D eigenvalue weighted by atomic mass is 10.4. The molecule has 0 amide bonds. The first-order chi connectivity index (χ1) is 3.85. The van der Waals surface area contributed by atoms with Crippen LogP contribution in [-0.4, -0.2) is 23.8 Å². The van der Waals surface area contributed by atoms with Crippen LogP contribution in [0.3, 0.4) is 0 Å². The molecule has 56 valence electrons. The minimum absolute atomic E-state index is 3.52. The minimum Gasteiger partial charge on any atom is -0.379 e. The van der Waals surface area contributed by atoms with E-state index in [-0.39, 0.29) is 0 Å². The van der Waals surface area contributed by atoms with Crippen LogP contribution < -0.4 is 0 Å². The summed E-state index contributed by atoms with van der Waals surface area (Å²) in [6.45, 7) is 0. The molecule has 0 fully saturated rings. The van der Waals surface area contributed by atoms with Gasteiger partial charge in [0.1, 0.15) is 0 Å². The van der Waals surface area contributed by atoms with E-state index in [1.807, 2.05) is 0 Å². The first-order valence-electron chi connectivity index (χ1n) is 1.88. The molecule has 0 aromatic carbocycles. The number of halogens is 5. The van der Waals surface area contributed by atoms with E-state index in [9.17, 15) is 22.0 Å². The van der Waals surface area contributed by atoms with Crippen LogP contribution in [0.1, 0.15) is 0 Å². The normalized spacial score (nSPS) is 16.3. The van der Waals surface area contributed by atoms with Crippen molar-refractivity contribution in [3.05, 3.63) is 0 Å². The van der Waals surface area contributed by atoms with Gasteiger partial charge in [-0.15, -0.1) is 0 Å². The Morgan fingerprint density at radius 2 is 1.44 bits per heavy atom. The Hall–Kier alpha value is -0.390. The topological polar surface area (TPSA) is 20.2 Å². The van der Waals surface area contributed by atoms with Crippen LogP contribution in [0, 0.1) is 0 Å². The lowest BCUT2D eigenvalue weighted by molar-refractivity contribution is -0.236. The molecule has 0 rings (SSSR count). The molecule has 0 saturated heterocycles. The van der Waals surface area contributed by atoms with Crippen LogP contribution >= 0.6 is 0 Å². The quantitative estimate of drug-likeness (QED) is 0.556. The fourth-order valence-corrected chi connectivity index (χ4v) is 0.143. The standard InChI is InChI=1S/C3H3F5O/c4-2(5)1(9)3(6,7)8/h1-2,9H. The molecule has 1 N–H and O–H groups in total. The van der Waals surface area contributed by atoms with E-state index in [0.29, 0.717) is 0 Å². The van der Waals surface area contributed by atoms with Gasteiger partial charge in [0.25, 0.3) is 6.43 Å². The van der Waals surface area contributed by atoms with E-state index in [1.165, 1.54) is 0 Å². The molecular formula is C3H3F5O. The number of rotatable bonds is 1. The maximum absolute atomic E-state index is 11.0. The van der Waals surface area contributed by atoms with E-state index < -0.39 is 18.7 Å². The van der Waals surface area contributed by atoms with E-state index in [0.717, 1.165) is 0 Å². The molecule has 0 aromatic heterocycles. The molecule has 0 spiro atoms. The van der Waals surface area contributed by atoms with Gasteiger partial charge in [0.15, 0.2) is 0 Å². The van der Waals surface area contributed by atoms with Gasteiger partial charge in [-0.25, -0.2) is 8.78 Å². The van der Waals surface area contributed by atoms with E-state index >= 15 is 0 Å². The lowest BCUT2D eigenvalue weighted by Crippen LogP contribution is -2.34. The Bertz CT molecular complexity index is 86.7. The summed E-state index contributed by atoms with van der Waals surface area (Å²) in [5, 5.41) is 7.59. The van der Waals surface area contributed by atoms with Crippen LogP contribution in [0.2, 0.25) is 0 Å². The van der Waals surface area contributed by atoms with Crippen molar-refractivity contribution in [2.75, 3.05) is 0 Å². The fourth-order valence-electron chi connectivity index (χ4n) is 0.143. The molecule has 1 unspecified atom stereocenters. The molecule has 0 radical (unpaired) electrons. The Morgan fingerprint density at radius 3 is 1.44 bits per heavy atom. The molecule has 1 atom stereocenters. The first kappa shape index (κ1) is 8.61. The van der Waals surface area contributed by atoms with Gasteiger partial charge in [0.05, 0.1) is 0 Å². The largest absolute Gasteiger partial charge is 0.420 e. The Morgan fingerprint density at radius 1 is 1.11 bits per heavy atom. The minimum atomic E-state index is -5.21. The summed E-state index contributed by atoms with van der Waals surface area (Å²) >= 11 is 0. The third kappa shape index (κ3) is 2.59. The average Bonchev–Trinajstić information content (AvgIpc) is 1.62. The van der Waals surface area contributed by atoms with E-state index in [1.54, 1.807) is 0 Å². The zero-order valence-corrected chi connectivity index (χ0v) is 3.99. The third-order valence-electron chi connectivity index (χ3n) is 0.574. The number of aliphatic hydroxyl groups is 1. The first-order valence-corrected chi connectivity index (χ1v) is 1.88. The molecule has 0 aliphatic rings. The third-order valence-corrected chi connectivity index (χ3v) is 0.574. The maximum atomic E-state index is 11.0. The predicted octanol–water partition coefficient (Wildman–Crippen LogP) is 1.17. The van der Waals surface area contributed by atoms with E-state index in [4.69, 9.17) is 5.11 Å². The number of alkyl halides is 5. The van der Waals surface area contributed by atoms with Crippen molar-refractivity contribution < 1.29 is 27.1 Å². The van der Waals surface area contributed by atoms with Crippen molar-refractivity contribution in [2.45, 2.75) is 18.7 Å². The van der Waals surface area contributed by atoms with Crippen LogP contribution in [0.15, 0.2) is 0 Å². The van der Waals surface area contributed by atoms with Gasteiger partial charge in [-0.1, -0.05) is 0 Å². The van der Waals surface area contributed by atoms with Gasteiger partial charge in [-0.05, 0) is 0 Å². The zero-order valence-electron chi connectivity index (χ0n) is 3.99. The number of hydrogen-bond donors (Lipinski definition) is 1. The lowest BCUT2D eigenvalue weighted by Gasteiger charge is -2.11. The zero-order chi connectivity index (χ0) is 7.65. The van der Waals surface area contributed by atoms with Crippen LogP contribution in [-0.2, 0) is 0 Å². The molecule has 0 saturated carbocycles. The van der Waals surface area contributed by atoms with Gasteiger partial charge < -0.3 is 5.11 Å². The smallest absolute Gasteiger partial charge is 0.379 e. The van der Waals surface area contributed by atoms with Crippen molar-refractivity contribution in [1.82, 2.24) is 0 Å². The molecule has 6 heteroatoms. The maximum Gasteiger partial charge on any atom is 0.420 e. The highest BCUT2D eigenvalue weighted by Gasteiger charge is 2.44.